The molecule has 9 heteroatoms. The number of carbonyl (C=O) groups excluding carboxylic acids is 3. The summed E-state index contributed by atoms with van der Waals surface area (Å²) in [6.07, 6.45) is 1.38. The lowest BCUT2D eigenvalue weighted by molar-refractivity contribution is -0.139. The van der Waals surface area contributed by atoms with Crippen molar-refractivity contribution in [2.24, 2.45) is 5.92 Å². The maximum absolute atomic E-state index is 13.2. The molecule has 0 spiro atoms. The van der Waals surface area contributed by atoms with Crippen LogP contribution in [-0.2, 0) is 14.3 Å². The van der Waals surface area contributed by atoms with E-state index in [1.165, 1.54) is 4.90 Å². The Balaban J connectivity index is 1.89. The highest BCUT2D eigenvalue weighted by Crippen LogP contribution is 2.32. The van der Waals surface area contributed by atoms with Gasteiger partial charge in [-0.1, -0.05) is 26.0 Å². The number of esters is 1. The third kappa shape index (κ3) is 6.54. The second kappa shape index (κ2) is 12.1. The largest absolute Gasteiger partial charge is 0.497 e. The van der Waals surface area contributed by atoms with Gasteiger partial charge in [-0.3, -0.25) is 14.6 Å². The number of rotatable bonds is 8. The molecule has 0 bridgehead atoms. The molecule has 1 aromatic rings. The SMILES string of the molecule is CCOC(=O)C1=C(CN2CCCN(C(=O)CC(C)C)CC2)N(C)C(=O)NC1c1ccc(OC)cc1. The molecule has 9 nitrogen and oxygen atoms in total. The Hall–Kier alpha value is -3.07. The third-order valence-corrected chi connectivity index (χ3v) is 6.42. The van der Waals surface area contributed by atoms with E-state index in [0.717, 1.165) is 25.1 Å². The molecule has 1 fully saturated rings. The van der Waals surface area contributed by atoms with E-state index in [-0.39, 0.29) is 18.5 Å². The number of carbonyl (C=O) groups is 3. The van der Waals surface area contributed by atoms with Crippen LogP contribution < -0.4 is 10.1 Å². The third-order valence-electron chi connectivity index (χ3n) is 6.42. The van der Waals surface area contributed by atoms with Crippen LogP contribution in [0.3, 0.4) is 0 Å². The highest BCUT2D eigenvalue weighted by Gasteiger charge is 2.37. The van der Waals surface area contributed by atoms with E-state index < -0.39 is 12.0 Å². The Bertz CT molecular complexity index is 944. The lowest BCUT2D eigenvalue weighted by Gasteiger charge is -2.36. The van der Waals surface area contributed by atoms with Crippen molar-refractivity contribution in [2.45, 2.75) is 39.7 Å². The first-order valence-corrected chi connectivity index (χ1v) is 12.3. The average Bonchev–Trinajstić information content (AvgIpc) is 3.07. The van der Waals surface area contributed by atoms with Gasteiger partial charge in [0.05, 0.1) is 25.3 Å². The van der Waals surface area contributed by atoms with Gasteiger partial charge in [0.2, 0.25) is 5.91 Å². The van der Waals surface area contributed by atoms with Crippen molar-refractivity contribution in [1.82, 2.24) is 20.0 Å². The fourth-order valence-corrected chi connectivity index (χ4v) is 4.51. The van der Waals surface area contributed by atoms with Gasteiger partial charge in [-0.15, -0.1) is 0 Å². The molecule has 0 saturated carbocycles. The molecule has 1 saturated heterocycles. The minimum Gasteiger partial charge on any atom is -0.497 e. The summed E-state index contributed by atoms with van der Waals surface area (Å²) in [5, 5.41) is 2.95. The Morgan fingerprint density at radius 3 is 2.46 bits per heavy atom. The van der Waals surface area contributed by atoms with Gasteiger partial charge >= 0.3 is 12.0 Å². The smallest absolute Gasteiger partial charge is 0.338 e. The Labute approximate surface area is 208 Å². The minimum absolute atomic E-state index is 0.182. The van der Waals surface area contributed by atoms with Crippen molar-refractivity contribution >= 4 is 17.9 Å². The first kappa shape index (κ1) is 26.5. The molecule has 3 rings (SSSR count). The molecule has 0 aromatic heterocycles. The zero-order valence-corrected chi connectivity index (χ0v) is 21.5. The van der Waals surface area contributed by atoms with E-state index >= 15 is 0 Å². The van der Waals surface area contributed by atoms with Crippen molar-refractivity contribution in [3.05, 3.63) is 41.1 Å². The van der Waals surface area contributed by atoms with Crippen LogP contribution in [0.5, 0.6) is 5.75 Å². The summed E-state index contributed by atoms with van der Waals surface area (Å²) in [5.74, 6) is 0.750. The van der Waals surface area contributed by atoms with Crippen LogP contribution in [0.15, 0.2) is 35.5 Å². The predicted molar refractivity (Wildman–Crippen MR) is 133 cm³/mol. The highest BCUT2D eigenvalue weighted by atomic mass is 16.5. The van der Waals surface area contributed by atoms with Gasteiger partial charge in [-0.2, -0.15) is 0 Å². The summed E-state index contributed by atoms with van der Waals surface area (Å²) in [5.41, 5.74) is 1.82. The number of ether oxygens (including phenoxy) is 2. The first-order valence-electron chi connectivity index (χ1n) is 12.3. The van der Waals surface area contributed by atoms with Gasteiger partial charge < -0.3 is 19.7 Å². The molecule has 1 atom stereocenters. The van der Waals surface area contributed by atoms with Crippen LogP contribution in [0.4, 0.5) is 4.79 Å². The van der Waals surface area contributed by atoms with Gasteiger partial charge in [-0.25, -0.2) is 9.59 Å². The van der Waals surface area contributed by atoms with Crippen molar-refractivity contribution < 1.29 is 23.9 Å². The summed E-state index contributed by atoms with van der Waals surface area (Å²) < 4.78 is 10.7. The normalized spacial score (nSPS) is 19.5. The van der Waals surface area contributed by atoms with Gasteiger partial charge in [0.1, 0.15) is 5.75 Å². The molecule has 3 amide bonds. The molecular weight excluding hydrogens is 448 g/mol. The lowest BCUT2D eigenvalue weighted by atomic mass is 9.94. The fraction of sp³-hybridized carbons (Fsp3) is 0.577. The average molecular weight is 487 g/mol. The van der Waals surface area contributed by atoms with E-state index in [9.17, 15) is 14.4 Å². The highest BCUT2D eigenvalue weighted by molar-refractivity contribution is 5.95. The minimum atomic E-state index is -0.630. The first-order chi connectivity index (χ1) is 16.7. The molecule has 1 aromatic carbocycles. The number of hydrogen-bond donors (Lipinski definition) is 1. The van der Waals surface area contributed by atoms with Gasteiger partial charge in [0.15, 0.2) is 0 Å². The van der Waals surface area contributed by atoms with Crippen molar-refractivity contribution in [3.63, 3.8) is 0 Å². The van der Waals surface area contributed by atoms with Crippen LogP contribution in [0.1, 0.15) is 45.2 Å². The van der Waals surface area contributed by atoms with Crippen LogP contribution in [0.25, 0.3) is 0 Å². The lowest BCUT2D eigenvalue weighted by Crippen LogP contribution is -2.49. The molecule has 2 aliphatic heterocycles. The van der Waals surface area contributed by atoms with Crippen molar-refractivity contribution in [2.75, 3.05) is 53.5 Å². The molecule has 1 N–H and O–H groups in total. The van der Waals surface area contributed by atoms with Gasteiger partial charge in [-0.05, 0) is 37.0 Å². The van der Waals surface area contributed by atoms with E-state index in [2.05, 4.69) is 24.1 Å². The Morgan fingerprint density at radius 1 is 1.11 bits per heavy atom. The second-order valence-electron chi connectivity index (χ2n) is 9.40. The molecule has 0 radical (unpaired) electrons. The molecule has 2 heterocycles. The quantitative estimate of drug-likeness (QED) is 0.568. The molecule has 2 aliphatic rings. The van der Waals surface area contributed by atoms with Crippen LogP contribution >= 0.6 is 0 Å². The number of urea groups is 1. The Morgan fingerprint density at radius 2 is 1.83 bits per heavy atom. The van der Waals surface area contributed by atoms with Crippen molar-refractivity contribution in [3.8, 4) is 5.75 Å². The van der Waals surface area contributed by atoms with Gasteiger partial charge in [0.25, 0.3) is 0 Å². The fourth-order valence-electron chi connectivity index (χ4n) is 4.51. The molecule has 0 aliphatic carbocycles. The second-order valence-corrected chi connectivity index (χ2v) is 9.40. The molecular formula is C26H38N4O5. The molecule has 1 unspecified atom stereocenters. The standard InChI is InChI=1S/C26H38N4O5/c1-6-35-25(32)23-21(17-29-12-7-13-30(15-14-29)22(31)16-18(2)3)28(4)26(33)27-24(23)19-8-10-20(34-5)11-9-19/h8-11,18,24H,6-7,12-17H2,1-5H3,(H,27,33). The summed E-state index contributed by atoms with van der Waals surface area (Å²) in [6.45, 7) is 9.31. The van der Waals surface area contributed by atoms with E-state index in [1.54, 1.807) is 33.2 Å². The van der Waals surface area contributed by atoms with Crippen LogP contribution in [-0.4, -0.2) is 86.1 Å². The number of likely N-dealkylation sites (N-methyl/N-ethyl adjacent to an activating group) is 1. The summed E-state index contributed by atoms with van der Waals surface area (Å²) in [7, 11) is 3.26. The van der Waals surface area contributed by atoms with E-state index in [0.29, 0.717) is 49.0 Å². The molecule has 192 valence electrons. The summed E-state index contributed by atoms with van der Waals surface area (Å²) in [6, 6.07) is 6.39. The van der Waals surface area contributed by atoms with Gasteiger partial charge in [0, 0.05) is 51.9 Å². The summed E-state index contributed by atoms with van der Waals surface area (Å²) >= 11 is 0. The van der Waals surface area contributed by atoms with Crippen molar-refractivity contribution in [1.29, 1.82) is 0 Å². The maximum Gasteiger partial charge on any atom is 0.338 e. The van der Waals surface area contributed by atoms with E-state index in [1.807, 2.05) is 17.0 Å². The number of nitrogens with one attached hydrogen (secondary N) is 1. The monoisotopic (exact) mass is 486 g/mol. The zero-order chi connectivity index (χ0) is 25.5. The Kier molecular flexibility index (Phi) is 9.14. The molecule has 35 heavy (non-hydrogen) atoms. The number of hydrogen-bond acceptors (Lipinski definition) is 6. The number of benzene rings is 1. The zero-order valence-electron chi connectivity index (χ0n) is 21.5. The van der Waals surface area contributed by atoms with Crippen LogP contribution in [0, 0.1) is 5.92 Å². The van der Waals surface area contributed by atoms with Crippen LogP contribution in [0.2, 0.25) is 0 Å². The topological polar surface area (TPSA) is 91.4 Å². The number of amides is 3. The number of nitrogens with zero attached hydrogens (tertiary/aromatic N) is 3. The number of methoxy groups -OCH3 is 1. The predicted octanol–water partition coefficient (Wildman–Crippen LogP) is 2.79. The van der Waals surface area contributed by atoms with E-state index in [4.69, 9.17) is 9.47 Å². The summed E-state index contributed by atoms with van der Waals surface area (Å²) in [4.78, 5) is 44.3. The maximum atomic E-state index is 13.2.